The molecule has 4 heteroatoms. The number of fused-ring (bicyclic) bond motifs is 1. The lowest BCUT2D eigenvalue weighted by Crippen LogP contribution is -2.23. The third kappa shape index (κ3) is 2.92. The summed E-state index contributed by atoms with van der Waals surface area (Å²) in [5, 5.41) is 8.64. The molecule has 0 saturated carbocycles. The largest absolute Gasteiger partial charge is 0.474 e. The van der Waals surface area contributed by atoms with Gasteiger partial charge < -0.3 is 4.74 Å². The maximum atomic E-state index is 12.5. The number of rotatable bonds is 4. The number of hydrogen-bond acceptors (Lipinski definition) is 4. The molecule has 0 bridgehead atoms. The standard InChI is InChI=1S/C17H15NO3/c1-11(2)7-8-14-15(19)12-5-3-4-6-13(12)16(20)17(14)21-10-9-18/h3-7H,8,10H2,1-2H3. The summed E-state index contributed by atoms with van der Waals surface area (Å²) in [5.41, 5.74) is 2.08. The lowest BCUT2D eigenvalue weighted by Gasteiger charge is -2.19. The highest BCUT2D eigenvalue weighted by molar-refractivity contribution is 6.26. The van der Waals surface area contributed by atoms with Gasteiger partial charge in [-0.2, -0.15) is 5.26 Å². The molecule has 1 aliphatic carbocycles. The molecule has 4 nitrogen and oxygen atoms in total. The molecule has 0 aliphatic heterocycles. The Hall–Kier alpha value is -2.67. The van der Waals surface area contributed by atoms with Crippen molar-refractivity contribution in [3.8, 4) is 6.07 Å². The van der Waals surface area contributed by atoms with Crippen LogP contribution in [0.15, 0.2) is 47.2 Å². The normalized spacial score (nSPS) is 13.6. The van der Waals surface area contributed by atoms with E-state index in [1.165, 1.54) is 0 Å². The van der Waals surface area contributed by atoms with E-state index in [-0.39, 0.29) is 23.9 Å². The second-order valence-corrected chi connectivity index (χ2v) is 4.94. The molecule has 1 aromatic rings. The summed E-state index contributed by atoms with van der Waals surface area (Å²) in [5.74, 6) is -0.550. The molecule has 0 spiro atoms. The number of nitriles is 1. The zero-order chi connectivity index (χ0) is 15.4. The number of carbonyl (C=O) groups excluding carboxylic acids is 2. The van der Waals surface area contributed by atoms with E-state index in [4.69, 9.17) is 10.00 Å². The fraction of sp³-hybridized carbons (Fsp3) is 0.235. The van der Waals surface area contributed by atoms with Crippen LogP contribution in [0.5, 0.6) is 0 Å². The number of nitrogens with zero attached hydrogens (tertiary/aromatic N) is 1. The van der Waals surface area contributed by atoms with Crippen molar-refractivity contribution in [2.24, 2.45) is 0 Å². The van der Waals surface area contributed by atoms with Crippen molar-refractivity contribution in [3.63, 3.8) is 0 Å². The lowest BCUT2D eigenvalue weighted by atomic mass is 9.86. The quantitative estimate of drug-likeness (QED) is 0.795. The number of carbonyl (C=O) groups is 2. The predicted octanol–water partition coefficient (Wildman–Crippen LogP) is 3.22. The molecule has 0 amide bonds. The van der Waals surface area contributed by atoms with Crippen molar-refractivity contribution in [2.75, 3.05) is 6.61 Å². The van der Waals surface area contributed by atoms with E-state index in [9.17, 15) is 9.59 Å². The molecule has 0 heterocycles. The van der Waals surface area contributed by atoms with Gasteiger partial charge in [-0.25, -0.2) is 0 Å². The van der Waals surface area contributed by atoms with Gasteiger partial charge in [0, 0.05) is 11.1 Å². The summed E-state index contributed by atoms with van der Waals surface area (Å²) in [6.07, 6.45) is 2.19. The summed E-state index contributed by atoms with van der Waals surface area (Å²) >= 11 is 0. The minimum atomic E-state index is -0.336. The van der Waals surface area contributed by atoms with Crippen LogP contribution in [-0.2, 0) is 4.74 Å². The van der Waals surface area contributed by atoms with Crippen LogP contribution < -0.4 is 0 Å². The number of hydrogen-bond donors (Lipinski definition) is 0. The van der Waals surface area contributed by atoms with Crippen LogP contribution in [0.2, 0.25) is 0 Å². The van der Waals surface area contributed by atoms with E-state index in [0.29, 0.717) is 23.1 Å². The van der Waals surface area contributed by atoms with Gasteiger partial charge in [-0.05, 0) is 20.3 Å². The topological polar surface area (TPSA) is 67.2 Å². The van der Waals surface area contributed by atoms with Crippen LogP contribution in [0.25, 0.3) is 0 Å². The molecule has 1 aromatic carbocycles. The van der Waals surface area contributed by atoms with Crippen LogP contribution >= 0.6 is 0 Å². The van der Waals surface area contributed by atoms with Crippen LogP contribution in [0, 0.1) is 11.3 Å². The van der Waals surface area contributed by atoms with E-state index in [1.807, 2.05) is 26.0 Å². The number of ether oxygens (including phenoxy) is 1. The van der Waals surface area contributed by atoms with Crippen molar-refractivity contribution in [3.05, 3.63) is 58.4 Å². The highest BCUT2D eigenvalue weighted by Crippen LogP contribution is 2.29. The van der Waals surface area contributed by atoms with Crippen LogP contribution in [0.3, 0.4) is 0 Å². The molecule has 21 heavy (non-hydrogen) atoms. The minimum absolute atomic E-state index is 0.00208. The maximum Gasteiger partial charge on any atom is 0.228 e. The number of benzene rings is 1. The Morgan fingerprint density at radius 3 is 2.38 bits per heavy atom. The zero-order valence-corrected chi connectivity index (χ0v) is 12.0. The third-order valence-electron chi connectivity index (χ3n) is 3.17. The molecule has 106 valence electrons. The number of Topliss-reactive ketones (excluding diaryl/α,β-unsaturated/α-hetero) is 2. The Bertz CT molecular complexity index is 701. The molecule has 0 atom stereocenters. The summed E-state index contributed by atoms with van der Waals surface area (Å²) < 4.78 is 5.24. The van der Waals surface area contributed by atoms with Gasteiger partial charge in [-0.15, -0.1) is 0 Å². The van der Waals surface area contributed by atoms with Crippen molar-refractivity contribution in [1.29, 1.82) is 5.26 Å². The van der Waals surface area contributed by atoms with Crippen molar-refractivity contribution < 1.29 is 14.3 Å². The van der Waals surface area contributed by atoms with Crippen LogP contribution in [-0.4, -0.2) is 18.2 Å². The first-order valence-corrected chi connectivity index (χ1v) is 6.61. The molecule has 0 aromatic heterocycles. The van der Waals surface area contributed by atoms with Gasteiger partial charge in [0.2, 0.25) is 5.78 Å². The third-order valence-corrected chi connectivity index (χ3v) is 3.17. The molecule has 0 radical (unpaired) electrons. The summed E-state index contributed by atoms with van der Waals surface area (Å²) in [4.78, 5) is 25.0. The number of ketones is 2. The van der Waals surface area contributed by atoms with E-state index < -0.39 is 0 Å². The Balaban J connectivity index is 2.52. The van der Waals surface area contributed by atoms with Crippen LogP contribution in [0.1, 0.15) is 41.0 Å². The van der Waals surface area contributed by atoms with Gasteiger partial charge in [0.25, 0.3) is 0 Å². The Labute approximate surface area is 123 Å². The second-order valence-electron chi connectivity index (χ2n) is 4.94. The van der Waals surface area contributed by atoms with Gasteiger partial charge >= 0.3 is 0 Å². The average Bonchev–Trinajstić information content (AvgIpc) is 2.48. The van der Waals surface area contributed by atoms with E-state index in [2.05, 4.69) is 0 Å². The smallest absolute Gasteiger partial charge is 0.228 e. The highest BCUT2D eigenvalue weighted by atomic mass is 16.5. The average molecular weight is 281 g/mol. The van der Waals surface area contributed by atoms with Gasteiger partial charge in [-0.1, -0.05) is 35.9 Å². The highest BCUT2D eigenvalue weighted by Gasteiger charge is 2.32. The first-order chi connectivity index (χ1) is 10.1. The Kier molecular flexibility index (Phi) is 4.34. The first kappa shape index (κ1) is 14.7. The molecule has 2 rings (SSSR count). The van der Waals surface area contributed by atoms with E-state index in [1.54, 1.807) is 24.3 Å². The molecule has 0 saturated heterocycles. The van der Waals surface area contributed by atoms with E-state index >= 15 is 0 Å². The Morgan fingerprint density at radius 1 is 1.19 bits per heavy atom. The summed E-state index contributed by atoms with van der Waals surface area (Å²) in [6, 6.07) is 8.49. The maximum absolute atomic E-state index is 12.5. The van der Waals surface area contributed by atoms with E-state index in [0.717, 1.165) is 5.57 Å². The van der Waals surface area contributed by atoms with Crippen molar-refractivity contribution in [2.45, 2.75) is 20.3 Å². The fourth-order valence-electron chi connectivity index (χ4n) is 2.15. The molecular formula is C17H15NO3. The summed E-state index contributed by atoms with van der Waals surface area (Å²) in [7, 11) is 0. The van der Waals surface area contributed by atoms with Crippen molar-refractivity contribution in [1.82, 2.24) is 0 Å². The molecule has 0 unspecified atom stereocenters. The minimum Gasteiger partial charge on any atom is -0.474 e. The Morgan fingerprint density at radius 2 is 1.81 bits per heavy atom. The second kappa shape index (κ2) is 6.19. The van der Waals surface area contributed by atoms with Gasteiger partial charge in [0.05, 0.1) is 5.57 Å². The van der Waals surface area contributed by atoms with Gasteiger partial charge in [-0.3, -0.25) is 9.59 Å². The van der Waals surface area contributed by atoms with Crippen molar-refractivity contribution >= 4 is 11.6 Å². The SMILES string of the molecule is CC(C)=CCC1=C(OCC#N)C(=O)c2ccccc2C1=O. The first-order valence-electron chi connectivity index (χ1n) is 6.61. The summed E-state index contributed by atoms with van der Waals surface area (Å²) in [6.45, 7) is 3.58. The predicted molar refractivity (Wildman–Crippen MR) is 77.7 cm³/mol. The molecule has 0 fully saturated rings. The monoisotopic (exact) mass is 281 g/mol. The fourth-order valence-corrected chi connectivity index (χ4v) is 2.15. The van der Waals surface area contributed by atoms with Crippen LogP contribution in [0.4, 0.5) is 0 Å². The molecular weight excluding hydrogens is 266 g/mol. The molecule has 0 N–H and O–H groups in total. The van der Waals surface area contributed by atoms with Gasteiger partial charge in [0.15, 0.2) is 18.1 Å². The zero-order valence-electron chi connectivity index (χ0n) is 12.0. The molecule has 1 aliphatic rings. The number of allylic oxidation sites excluding steroid dienone is 4. The lowest BCUT2D eigenvalue weighted by molar-refractivity contribution is 0.0889. The van der Waals surface area contributed by atoms with Gasteiger partial charge in [0.1, 0.15) is 6.07 Å².